The highest BCUT2D eigenvalue weighted by Gasteiger charge is 2.13. The van der Waals surface area contributed by atoms with Gasteiger partial charge in [-0.2, -0.15) is 5.26 Å². The molecule has 0 saturated carbocycles. The number of nitriles is 1. The van der Waals surface area contributed by atoms with Crippen molar-refractivity contribution in [2.45, 2.75) is 13.0 Å². The van der Waals surface area contributed by atoms with Crippen molar-refractivity contribution in [1.29, 1.82) is 5.26 Å². The second kappa shape index (κ2) is 6.59. The third-order valence-electron chi connectivity index (χ3n) is 3.15. The molecule has 0 fully saturated rings. The maximum absolute atomic E-state index is 14.1. The predicted molar refractivity (Wildman–Crippen MR) is 83.8 cm³/mol. The van der Waals surface area contributed by atoms with Gasteiger partial charge in [-0.05, 0) is 31.2 Å². The molecule has 0 aromatic heterocycles. The first-order valence-corrected chi connectivity index (χ1v) is 7.14. The van der Waals surface area contributed by atoms with Crippen LogP contribution < -0.4 is 10.1 Å². The lowest BCUT2D eigenvalue weighted by Gasteiger charge is -2.18. The molecule has 0 aliphatic heterocycles. The van der Waals surface area contributed by atoms with E-state index in [2.05, 4.69) is 27.3 Å². The molecular formula is C16H14BrFN2O. The van der Waals surface area contributed by atoms with Gasteiger partial charge in [-0.25, -0.2) is 4.39 Å². The Kier molecular flexibility index (Phi) is 4.81. The van der Waals surface area contributed by atoms with E-state index in [1.165, 1.54) is 13.2 Å². The Morgan fingerprint density at radius 2 is 2.05 bits per heavy atom. The van der Waals surface area contributed by atoms with Crippen LogP contribution in [-0.2, 0) is 0 Å². The van der Waals surface area contributed by atoms with E-state index in [4.69, 9.17) is 10.00 Å². The number of hydrogen-bond acceptors (Lipinski definition) is 3. The summed E-state index contributed by atoms with van der Waals surface area (Å²) >= 11 is 3.36. The van der Waals surface area contributed by atoms with Crippen molar-refractivity contribution < 1.29 is 9.13 Å². The van der Waals surface area contributed by atoms with E-state index < -0.39 is 0 Å². The van der Waals surface area contributed by atoms with Gasteiger partial charge >= 0.3 is 0 Å². The van der Waals surface area contributed by atoms with E-state index in [1.54, 1.807) is 30.3 Å². The standard InChI is InChI=1S/C16H14BrFN2O/c1-10(14-6-5-13(21-2)8-15(14)18)20-16-7-12(17)4-3-11(16)9-19/h3-8,10,20H,1-2H3. The molecule has 2 aromatic carbocycles. The number of methoxy groups -OCH3 is 1. The van der Waals surface area contributed by atoms with E-state index in [1.807, 2.05) is 6.92 Å². The summed E-state index contributed by atoms with van der Waals surface area (Å²) in [5.74, 6) is 0.131. The quantitative estimate of drug-likeness (QED) is 0.875. The number of nitrogens with zero attached hydrogens (tertiary/aromatic N) is 1. The number of anilines is 1. The van der Waals surface area contributed by atoms with Crippen LogP contribution in [0.5, 0.6) is 5.75 Å². The highest BCUT2D eigenvalue weighted by molar-refractivity contribution is 9.10. The molecule has 0 bridgehead atoms. The van der Waals surface area contributed by atoms with Crippen molar-refractivity contribution in [3.8, 4) is 11.8 Å². The van der Waals surface area contributed by atoms with Crippen molar-refractivity contribution in [2.24, 2.45) is 0 Å². The molecule has 2 aromatic rings. The maximum Gasteiger partial charge on any atom is 0.132 e. The first kappa shape index (κ1) is 15.3. The molecule has 1 atom stereocenters. The highest BCUT2D eigenvalue weighted by Crippen LogP contribution is 2.28. The minimum Gasteiger partial charge on any atom is -0.497 e. The molecular weight excluding hydrogens is 335 g/mol. The summed E-state index contributed by atoms with van der Waals surface area (Å²) in [6, 6.07) is 11.9. The van der Waals surface area contributed by atoms with Crippen molar-refractivity contribution in [3.05, 3.63) is 57.8 Å². The molecule has 21 heavy (non-hydrogen) atoms. The minimum absolute atomic E-state index is 0.280. The normalized spacial score (nSPS) is 11.6. The van der Waals surface area contributed by atoms with Gasteiger partial charge in [0.1, 0.15) is 17.6 Å². The van der Waals surface area contributed by atoms with E-state index in [0.29, 0.717) is 22.6 Å². The van der Waals surface area contributed by atoms with E-state index >= 15 is 0 Å². The summed E-state index contributed by atoms with van der Waals surface area (Å²) < 4.78 is 19.9. The SMILES string of the molecule is COc1ccc(C(C)Nc2cc(Br)ccc2C#N)c(F)c1. The third kappa shape index (κ3) is 3.53. The molecule has 0 heterocycles. The number of ether oxygens (including phenoxy) is 1. The topological polar surface area (TPSA) is 45.0 Å². The maximum atomic E-state index is 14.1. The van der Waals surface area contributed by atoms with Crippen molar-refractivity contribution in [1.82, 2.24) is 0 Å². The Bertz CT molecular complexity index is 697. The second-order valence-corrected chi connectivity index (χ2v) is 5.47. The zero-order valence-corrected chi connectivity index (χ0v) is 13.2. The molecule has 0 saturated heterocycles. The fraction of sp³-hybridized carbons (Fsp3) is 0.188. The first-order chi connectivity index (χ1) is 10.0. The predicted octanol–water partition coefficient (Wildman–Crippen LogP) is 4.64. The Labute approximate surface area is 131 Å². The Morgan fingerprint density at radius 1 is 1.29 bits per heavy atom. The van der Waals surface area contributed by atoms with E-state index in [-0.39, 0.29) is 11.9 Å². The molecule has 0 aliphatic carbocycles. The molecule has 0 radical (unpaired) electrons. The molecule has 1 unspecified atom stereocenters. The van der Waals surface area contributed by atoms with E-state index in [9.17, 15) is 4.39 Å². The van der Waals surface area contributed by atoms with Gasteiger partial charge in [0.25, 0.3) is 0 Å². The van der Waals surface area contributed by atoms with Gasteiger partial charge in [-0.15, -0.1) is 0 Å². The van der Waals surface area contributed by atoms with Crippen LogP contribution in [0.25, 0.3) is 0 Å². The van der Waals surface area contributed by atoms with Gasteiger partial charge in [0, 0.05) is 16.1 Å². The Morgan fingerprint density at radius 3 is 2.67 bits per heavy atom. The fourth-order valence-corrected chi connectivity index (χ4v) is 2.39. The molecule has 3 nitrogen and oxygen atoms in total. The monoisotopic (exact) mass is 348 g/mol. The number of nitrogens with one attached hydrogen (secondary N) is 1. The van der Waals surface area contributed by atoms with Gasteiger partial charge in [-0.3, -0.25) is 0 Å². The van der Waals surface area contributed by atoms with Crippen LogP contribution in [-0.4, -0.2) is 7.11 Å². The second-order valence-electron chi connectivity index (χ2n) is 4.56. The van der Waals surface area contributed by atoms with Crippen molar-refractivity contribution in [2.75, 3.05) is 12.4 Å². The number of hydrogen-bond donors (Lipinski definition) is 1. The summed E-state index contributed by atoms with van der Waals surface area (Å²) in [5, 5.41) is 12.3. The lowest BCUT2D eigenvalue weighted by molar-refractivity contribution is 0.410. The van der Waals surface area contributed by atoms with Crippen LogP contribution in [0.15, 0.2) is 40.9 Å². The smallest absolute Gasteiger partial charge is 0.132 e. The third-order valence-corrected chi connectivity index (χ3v) is 3.64. The average molecular weight is 349 g/mol. The summed E-state index contributed by atoms with van der Waals surface area (Å²) in [5.41, 5.74) is 1.69. The minimum atomic E-state index is -0.345. The average Bonchev–Trinajstić information content (AvgIpc) is 2.47. The van der Waals surface area contributed by atoms with Crippen LogP contribution >= 0.6 is 15.9 Å². The molecule has 5 heteroatoms. The lowest BCUT2D eigenvalue weighted by atomic mass is 10.1. The highest BCUT2D eigenvalue weighted by atomic mass is 79.9. The molecule has 1 N–H and O–H groups in total. The number of halogens is 2. The summed E-state index contributed by atoms with van der Waals surface area (Å²) in [4.78, 5) is 0. The van der Waals surface area contributed by atoms with Gasteiger partial charge in [0.05, 0.1) is 24.4 Å². The fourth-order valence-electron chi connectivity index (χ4n) is 2.03. The van der Waals surface area contributed by atoms with Gasteiger partial charge in [-0.1, -0.05) is 22.0 Å². The molecule has 2 rings (SSSR count). The molecule has 0 spiro atoms. The largest absolute Gasteiger partial charge is 0.497 e. The molecule has 108 valence electrons. The van der Waals surface area contributed by atoms with Crippen LogP contribution in [0.1, 0.15) is 24.1 Å². The van der Waals surface area contributed by atoms with E-state index in [0.717, 1.165) is 4.47 Å². The van der Waals surface area contributed by atoms with Gasteiger partial charge in [0.15, 0.2) is 0 Å². The van der Waals surface area contributed by atoms with Crippen molar-refractivity contribution >= 4 is 21.6 Å². The van der Waals surface area contributed by atoms with Crippen LogP contribution in [0, 0.1) is 17.1 Å². The van der Waals surface area contributed by atoms with Crippen LogP contribution in [0.4, 0.5) is 10.1 Å². The lowest BCUT2D eigenvalue weighted by Crippen LogP contribution is -2.09. The molecule has 0 aliphatic rings. The summed E-state index contributed by atoms with van der Waals surface area (Å²) in [6.45, 7) is 1.84. The summed E-state index contributed by atoms with van der Waals surface area (Å²) in [6.07, 6.45) is 0. The van der Waals surface area contributed by atoms with Crippen LogP contribution in [0.2, 0.25) is 0 Å². The van der Waals surface area contributed by atoms with Gasteiger partial charge < -0.3 is 10.1 Å². The Hall–Kier alpha value is -2.06. The Balaban J connectivity index is 2.28. The van der Waals surface area contributed by atoms with Gasteiger partial charge in [0.2, 0.25) is 0 Å². The zero-order valence-electron chi connectivity index (χ0n) is 11.7. The first-order valence-electron chi connectivity index (χ1n) is 6.34. The van der Waals surface area contributed by atoms with Crippen molar-refractivity contribution in [3.63, 3.8) is 0 Å². The molecule has 0 amide bonds. The number of benzene rings is 2. The zero-order chi connectivity index (χ0) is 15.4. The summed E-state index contributed by atoms with van der Waals surface area (Å²) in [7, 11) is 1.50. The van der Waals surface area contributed by atoms with Crippen LogP contribution in [0.3, 0.4) is 0 Å². The number of rotatable bonds is 4.